The van der Waals surface area contributed by atoms with Crippen molar-refractivity contribution in [2.24, 2.45) is 5.92 Å². The first kappa shape index (κ1) is 17.1. The van der Waals surface area contributed by atoms with Gasteiger partial charge in [-0.25, -0.2) is 21.6 Å². The van der Waals surface area contributed by atoms with Crippen molar-refractivity contribution < 1.29 is 16.8 Å². The van der Waals surface area contributed by atoms with Crippen molar-refractivity contribution in [2.75, 3.05) is 18.1 Å². The Bertz CT molecular complexity index is 905. The van der Waals surface area contributed by atoms with Crippen LogP contribution in [-0.4, -0.2) is 34.9 Å². The molecule has 1 atom stereocenters. The maximum atomic E-state index is 12.3. The fourth-order valence-corrected chi connectivity index (χ4v) is 5.78. The van der Waals surface area contributed by atoms with Gasteiger partial charge in [0.25, 0.3) is 0 Å². The first-order valence-corrected chi connectivity index (χ1v) is 11.0. The molecule has 0 aliphatic carbocycles. The molecule has 0 radical (unpaired) electrons. The second kappa shape index (κ2) is 6.66. The summed E-state index contributed by atoms with van der Waals surface area (Å²) in [5.74, 6) is 0.0570. The first-order valence-electron chi connectivity index (χ1n) is 7.71. The zero-order chi connectivity index (χ0) is 17.2. The van der Waals surface area contributed by atoms with Crippen molar-refractivity contribution in [1.29, 1.82) is 0 Å². The second-order valence-electron chi connectivity index (χ2n) is 6.01. The SMILES string of the molecule is O=S1(=O)CCC(CNS(=O)(=O)c2ccc(-c3ccccc3)cc2)C1. The zero-order valence-corrected chi connectivity index (χ0v) is 14.7. The summed E-state index contributed by atoms with van der Waals surface area (Å²) in [4.78, 5) is 0.183. The van der Waals surface area contributed by atoms with E-state index in [1.165, 1.54) is 0 Å². The van der Waals surface area contributed by atoms with E-state index >= 15 is 0 Å². The molecule has 0 saturated carbocycles. The van der Waals surface area contributed by atoms with E-state index in [1.807, 2.05) is 30.3 Å². The van der Waals surface area contributed by atoms with Gasteiger partial charge in [0, 0.05) is 6.54 Å². The van der Waals surface area contributed by atoms with Crippen LogP contribution in [0.2, 0.25) is 0 Å². The highest BCUT2D eigenvalue weighted by Gasteiger charge is 2.28. The minimum atomic E-state index is -3.63. The maximum Gasteiger partial charge on any atom is 0.240 e. The van der Waals surface area contributed by atoms with Crippen LogP contribution >= 0.6 is 0 Å². The van der Waals surface area contributed by atoms with E-state index in [2.05, 4.69) is 4.72 Å². The molecule has 0 bridgehead atoms. The number of benzene rings is 2. The molecule has 24 heavy (non-hydrogen) atoms. The van der Waals surface area contributed by atoms with Gasteiger partial charge in [-0.05, 0) is 35.6 Å². The summed E-state index contributed by atoms with van der Waals surface area (Å²) in [6.07, 6.45) is 0.512. The molecule has 1 saturated heterocycles. The Morgan fingerprint density at radius 3 is 2.17 bits per heavy atom. The highest BCUT2D eigenvalue weighted by Crippen LogP contribution is 2.22. The summed E-state index contributed by atoms with van der Waals surface area (Å²) < 4.78 is 50.1. The summed E-state index contributed by atoms with van der Waals surface area (Å²) in [6, 6.07) is 16.4. The maximum absolute atomic E-state index is 12.3. The molecule has 3 rings (SSSR count). The molecule has 1 unspecified atom stereocenters. The number of sulfonamides is 1. The van der Waals surface area contributed by atoms with Crippen molar-refractivity contribution in [2.45, 2.75) is 11.3 Å². The molecule has 2 aromatic rings. The lowest BCUT2D eigenvalue weighted by Gasteiger charge is -2.11. The van der Waals surface area contributed by atoms with Crippen LogP contribution in [0.4, 0.5) is 0 Å². The van der Waals surface area contributed by atoms with Gasteiger partial charge >= 0.3 is 0 Å². The average molecular weight is 365 g/mol. The van der Waals surface area contributed by atoms with Gasteiger partial charge < -0.3 is 0 Å². The molecule has 1 heterocycles. The summed E-state index contributed by atoms with van der Waals surface area (Å²) in [5.41, 5.74) is 1.96. The molecule has 7 heteroatoms. The Hall–Kier alpha value is -1.70. The van der Waals surface area contributed by atoms with Gasteiger partial charge in [-0.2, -0.15) is 0 Å². The van der Waals surface area contributed by atoms with Crippen molar-refractivity contribution in [3.05, 3.63) is 54.6 Å². The quantitative estimate of drug-likeness (QED) is 0.880. The van der Waals surface area contributed by atoms with E-state index in [0.29, 0.717) is 6.42 Å². The number of hydrogen-bond acceptors (Lipinski definition) is 4. The molecular formula is C17H19NO4S2. The molecule has 0 aromatic heterocycles. The summed E-state index contributed by atoms with van der Waals surface area (Å²) >= 11 is 0. The van der Waals surface area contributed by atoms with E-state index in [1.54, 1.807) is 24.3 Å². The Labute approximate surface area is 142 Å². The third-order valence-electron chi connectivity index (χ3n) is 4.16. The van der Waals surface area contributed by atoms with Crippen LogP contribution in [-0.2, 0) is 19.9 Å². The van der Waals surface area contributed by atoms with Gasteiger partial charge in [0.15, 0.2) is 9.84 Å². The number of hydrogen-bond donors (Lipinski definition) is 1. The van der Waals surface area contributed by atoms with E-state index < -0.39 is 19.9 Å². The molecule has 2 aromatic carbocycles. The second-order valence-corrected chi connectivity index (χ2v) is 10.0. The summed E-state index contributed by atoms with van der Waals surface area (Å²) in [7, 11) is -6.63. The molecule has 1 aliphatic rings. The van der Waals surface area contributed by atoms with Crippen LogP contribution in [0.25, 0.3) is 11.1 Å². The molecular weight excluding hydrogens is 346 g/mol. The lowest BCUT2D eigenvalue weighted by atomic mass is 10.1. The molecule has 1 N–H and O–H groups in total. The molecule has 128 valence electrons. The molecule has 0 spiro atoms. The minimum Gasteiger partial charge on any atom is -0.229 e. The highest BCUT2D eigenvalue weighted by atomic mass is 32.2. The van der Waals surface area contributed by atoms with E-state index in [9.17, 15) is 16.8 Å². The van der Waals surface area contributed by atoms with Crippen molar-refractivity contribution in [3.63, 3.8) is 0 Å². The van der Waals surface area contributed by atoms with Gasteiger partial charge in [0.2, 0.25) is 10.0 Å². The summed E-state index contributed by atoms with van der Waals surface area (Å²) in [6.45, 7) is 0.155. The largest absolute Gasteiger partial charge is 0.240 e. The van der Waals surface area contributed by atoms with Crippen LogP contribution in [0.1, 0.15) is 6.42 Å². The first-order chi connectivity index (χ1) is 11.4. The third kappa shape index (κ3) is 4.03. The van der Waals surface area contributed by atoms with Crippen molar-refractivity contribution >= 4 is 19.9 Å². The minimum absolute atomic E-state index is 0.0580. The fraction of sp³-hybridized carbons (Fsp3) is 0.294. The van der Waals surface area contributed by atoms with Crippen molar-refractivity contribution in [1.82, 2.24) is 4.72 Å². The van der Waals surface area contributed by atoms with Crippen molar-refractivity contribution in [3.8, 4) is 11.1 Å². The van der Waals surface area contributed by atoms with E-state index in [4.69, 9.17) is 0 Å². The summed E-state index contributed by atoms with van der Waals surface area (Å²) in [5, 5.41) is 0. The van der Waals surface area contributed by atoms with Crippen LogP contribution in [0.5, 0.6) is 0 Å². The average Bonchev–Trinajstić information content (AvgIpc) is 2.93. The number of nitrogens with one attached hydrogen (secondary N) is 1. The Kier molecular flexibility index (Phi) is 4.76. The number of rotatable bonds is 5. The third-order valence-corrected chi connectivity index (χ3v) is 7.44. The topological polar surface area (TPSA) is 80.3 Å². The normalized spacial score (nSPS) is 20.1. The highest BCUT2D eigenvalue weighted by molar-refractivity contribution is 7.91. The predicted molar refractivity (Wildman–Crippen MR) is 93.8 cm³/mol. The Morgan fingerprint density at radius 2 is 1.58 bits per heavy atom. The molecule has 1 fully saturated rings. The van der Waals surface area contributed by atoms with Gasteiger partial charge in [0.1, 0.15) is 0 Å². The monoisotopic (exact) mass is 365 g/mol. The van der Waals surface area contributed by atoms with Gasteiger partial charge in [-0.1, -0.05) is 42.5 Å². The van der Waals surface area contributed by atoms with E-state index in [0.717, 1.165) is 11.1 Å². The van der Waals surface area contributed by atoms with Gasteiger partial charge in [-0.15, -0.1) is 0 Å². The standard InChI is InChI=1S/C17H19NO4S2/c19-23(20)11-10-14(13-23)12-18-24(21,22)17-8-6-16(7-9-17)15-4-2-1-3-5-15/h1-9,14,18H,10-13H2. The van der Waals surface area contributed by atoms with E-state index in [-0.39, 0.29) is 28.9 Å². The smallest absolute Gasteiger partial charge is 0.229 e. The van der Waals surface area contributed by atoms with Gasteiger partial charge in [-0.3, -0.25) is 0 Å². The molecule has 0 amide bonds. The Balaban J connectivity index is 1.69. The van der Waals surface area contributed by atoms with Gasteiger partial charge in [0.05, 0.1) is 16.4 Å². The van der Waals surface area contributed by atoms with Crippen LogP contribution in [0.15, 0.2) is 59.5 Å². The lowest BCUT2D eigenvalue weighted by molar-refractivity contribution is 0.543. The van der Waals surface area contributed by atoms with Crippen LogP contribution in [0, 0.1) is 5.92 Å². The Morgan fingerprint density at radius 1 is 0.958 bits per heavy atom. The molecule has 5 nitrogen and oxygen atoms in total. The predicted octanol–water partition coefficient (Wildman–Crippen LogP) is 2.07. The fourth-order valence-electron chi connectivity index (χ4n) is 2.80. The van der Waals surface area contributed by atoms with Crippen LogP contribution < -0.4 is 4.72 Å². The number of sulfone groups is 1. The van der Waals surface area contributed by atoms with Crippen LogP contribution in [0.3, 0.4) is 0 Å². The zero-order valence-electron chi connectivity index (χ0n) is 13.1. The molecule has 1 aliphatic heterocycles. The lowest BCUT2D eigenvalue weighted by Crippen LogP contribution is -2.29.